The molecule has 0 amide bonds. The monoisotopic (exact) mass is 295 g/mol. The normalized spacial score (nSPS) is 18.1. The third kappa shape index (κ3) is 2.58. The molecule has 1 aliphatic heterocycles. The molecule has 1 saturated heterocycles. The van der Waals surface area contributed by atoms with E-state index in [-0.39, 0.29) is 0 Å². The lowest BCUT2D eigenvalue weighted by atomic mass is 9.68. The molecule has 17 heavy (non-hydrogen) atoms. The summed E-state index contributed by atoms with van der Waals surface area (Å²) in [6.07, 6.45) is 3.90. The smallest absolute Gasteiger partial charge is 0.0216 e. The van der Waals surface area contributed by atoms with Crippen molar-refractivity contribution in [2.24, 2.45) is 5.92 Å². The van der Waals surface area contributed by atoms with Crippen molar-refractivity contribution < 1.29 is 0 Å². The van der Waals surface area contributed by atoms with E-state index in [4.69, 9.17) is 0 Å². The summed E-state index contributed by atoms with van der Waals surface area (Å²) in [7, 11) is 0. The first-order chi connectivity index (χ1) is 8.22. The third-order valence-electron chi connectivity index (χ3n) is 4.21. The minimum Gasteiger partial charge on any atom is -0.315 e. The van der Waals surface area contributed by atoms with Crippen LogP contribution in [0.5, 0.6) is 0 Å². The van der Waals surface area contributed by atoms with E-state index in [9.17, 15) is 0 Å². The highest BCUT2D eigenvalue weighted by atomic mass is 79.9. The molecule has 1 aromatic rings. The summed E-state index contributed by atoms with van der Waals surface area (Å²) in [5.41, 5.74) is 1.86. The molecule has 0 saturated carbocycles. The zero-order valence-electron chi connectivity index (χ0n) is 10.8. The van der Waals surface area contributed by atoms with Gasteiger partial charge in [-0.3, -0.25) is 0 Å². The molecule has 0 unspecified atom stereocenters. The average molecular weight is 296 g/mol. The van der Waals surface area contributed by atoms with E-state index in [2.05, 4.69) is 59.4 Å². The van der Waals surface area contributed by atoms with Gasteiger partial charge in [0.15, 0.2) is 0 Å². The second-order valence-corrected chi connectivity index (χ2v) is 6.10. The summed E-state index contributed by atoms with van der Waals surface area (Å²) in [5, 5.41) is 3.46. The van der Waals surface area contributed by atoms with Crippen molar-refractivity contribution in [2.45, 2.75) is 38.5 Å². The summed E-state index contributed by atoms with van der Waals surface area (Å²) in [6, 6.07) is 8.72. The quantitative estimate of drug-likeness (QED) is 0.862. The maximum atomic E-state index is 3.71. The minimum atomic E-state index is 0.372. The lowest BCUT2D eigenvalue weighted by molar-refractivity contribution is 0.210. The maximum absolute atomic E-state index is 3.71. The lowest BCUT2D eigenvalue weighted by Gasteiger charge is -2.45. The van der Waals surface area contributed by atoms with E-state index < -0.39 is 0 Å². The Bertz CT molecular complexity index is 367. The van der Waals surface area contributed by atoms with Crippen LogP contribution in [0.15, 0.2) is 28.7 Å². The third-order valence-corrected chi connectivity index (χ3v) is 4.90. The van der Waals surface area contributed by atoms with E-state index >= 15 is 0 Å². The predicted molar refractivity (Wildman–Crippen MR) is 77.4 cm³/mol. The fourth-order valence-corrected chi connectivity index (χ4v) is 3.60. The Morgan fingerprint density at radius 3 is 2.35 bits per heavy atom. The van der Waals surface area contributed by atoms with Gasteiger partial charge in [0.1, 0.15) is 0 Å². The molecule has 0 radical (unpaired) electrons. The Morgan fingerprint density at radius 2 is 1.88 bits per heavy atom. The van der Waals surface area contributed by atoms with E-state index in [1.807, 2.05) is 0 Å². The van der Waals surface area contributed by atoms with Crippen LogP contribution in [-0.4, -0.2) is 13.1 Å². The van der Waals surface area contributed by atoms with Crippen LogP contribution >= 0.6 is 15.9 Å². The van der Waals surface area contributed by atoms with E-state index in [1.54, 1.807) is 0 Å². The van der Waals surface area contributed by atoms with Gasteiger partial charge < -0.3 is 5.32 Å². The molecule has 1 heterocycles. The van der Waals surface area contributed by atoms with Crippen LogP contribution < -0.4 is 5.32 Å². The summed E-state index contributed by atoms with van der Waals surface area (Å²) < 4.78 is 1.27. The van der Waals surface area contributed by atoms with Gasteiger partial charge >= 0.3 is 0 Å². The molecule has 0 atom stereocenters. The minimum absolute atomic E-state index is 0.372. The van der Waals surface area contributed by atoms with Crippen molar-refractivity contribution in [2.75, 3.05) is 13.1 Å². The van der Waals surface area contributed by atoms with Crippen molar-refractivity contribution in [3.05, 3.63) is 34.3 Å². The number of halogens is 1. The number of rotatable bonds is 5. The summed E-state index contributed by atoms with van der Waals surface area (Å²) in [6.45, 7) is 6.89. The Kier molecular flexibility index (Phi) is 4.26. The summed E-state index contributed by atoms with van der Waals surface area (Å²) in [4.78, 5) is 0. The van der Waals surface area contributed by atoms with Crippen LogP contribution in [0.4, 0.5) is 0 Å². The molecule has 0 bridgehead atoms. The molecular formula is C15H22BrN. The number of hydrogen-bond acceptors (Lipinski definition) is 1. The molecule has 1 N–H and O–H groups in total. The van der Waals surface area contributed by atoms with Crippen molar-refractivity contribution in [1.82, 2.24) is 5.32 Å². The Morgan fingerprint density at radius 1 is 1.24 bits per heavy atom. The SMILES string of the molecule is CCC(CC)CC1(c2ccccc2Br)CNC1. The molecule has 1 fully saturated rings. The van der Waals surface area contributed by atoms with Crippen LogP contribution in [0.3, 0.4) is 0 Å². The van der Waals surface area contributed by atoms with Gasteiger partial charge in [-0.2, -0.15) is 0 Å². The number of benzene rings is 1. The molecule has 1 nitrogen and oxygen atoms in total. The summed E-state index contributed by atoms with van der Waals surface area (Å²) >= 11 is 3.71. The van der Waals surface area contributed by atoms with Gasteiger partial charge in [0.25, 0.3) is 0 Å². The first kappa shape index (κ1) is 13.1. The van der Waals surface area contributed by atoms with Gasteiger partial charge in [-0.15, -0.1) is 0 Å². The van der Waals surface area contributed by atoms with Gasteiger partial charge in [-0.1, -0.05) is 60.8 Å². The second-order valence-electron chi connectivity index (χ2n) is 5.25. The van der Waals surface area contributed by atoms with Crippen molar-refractivity contribution in [3.8, 4) is 0 Å². The highest BCUT2D eigenvalue weighted by Crippen LogP contribution is 2.40. The molecule has 0 spiro atoms. The van der Waals surface area contributed by atoms with Crippen molar-refractivity contribution >= 4 is 15.9 Å². The fourth-order valence-electron chi connectivity index (χ4n) is 2.89. The van der Waals surface area contributed by atoms with Crippen LogP contribution in [0.2, 0.25) is 0 Å². The molecule has 1 aliphatic rings. The summed E-state index contributed by atoms with van der Waals surface area (Å²) in [5.74, 6) is 0.851. The van der Waals surface area contributed by atoms with Crippen molar-refractivity contribution in [1.29, 1.82) is 0 Å². The fraction of sp³-hybridized carbons (Fsp3) is 0.600. The Balaban J connectivity index is 2.23. The first-order valence-electron chi connectivity index (χ1n) is 6.67. The van der Waals surface area contributed by atoms with E-state index in [0.717, 1.165) is 19.0 Å². The lowest BCUT2D eigenvalue weighted by Crippen LogP contribution is -2.57. The van der Waals surface area contributed by atoms with Crippen LogP contribution in [0.25, 0.3) is 0 Å². The topological polar surface area (TPSA) is 12.0 Å². The van der Waals surface area contributed by atoms with Crippen molar-refractivity contribution in [3.63, 3.8) is 0 Å². The average Bonchev–Trinajstić information content (AvgIpc) is 2.30. The Hall–Kier alpha value is -0.340. The van der Waals surface area contributed by atoms with E-state index in [1.165, 1.54) is 29.3 Å². The van der Waals surface area contributed by atoms with Crippen LogP contribution in [0, 0.1) is 5.92 Å². The van der Waals surface area contributed by atoms with Gasteiger partial charge in [-0.05, 0) is 24.0 Å². The molecule has 0 aliphatic carbocycles. The maximum Gasteiger partial charge on any atom is 0.0216 e. The molecule has 2 rings (SSSR count). The van der Waals surface area contributed by atoms with Gasteiger partial charge in [0, 0.05) is 23.0 Å². The zero-order chi connectivity index (χ0) is 12.3. The van der Waals surface area contributed by atoms with Gasteiger partial charge in [0.05, 0.1) is 0 Å². The highest BCUT2D eigenvalue weighted by Gasteiger charge is 2.40. The molecular weight excluding hydrogens is 274 g/mol. The standard InChI is InChI=1S/C15H22BrN/c1-3-12(4-2)9-15(10-17-11-15)13-7-5-6-8-14(13)16/h5-8,12,17H,3-4,9-11H2,1-2H3. The number of nitrogens with one attached hydrogen (secondary N) is 1. The molecule has 0 aromatic heterocycles. The van der Waals surface area contributed by atoms with Gasteiger partial charge in [0.2, 0.25) is 0 Å². The highest BCUT2D eigenvalue weighted by molar-refractivity contribution is 9.10. The van der Waals surface area contributed by atoms with Crippen LogP contribution in [0.1, 0.15) is 38.7 Å². The van der Waals surface area contributed by atoms with E-state index in [0.29, 0.717) is 5.41 Å². The van der Waals surface area contributed by atoms with Crippen LogP contribution in [-0.2, 0) is 5.41 Å². The predicted octanol–water partition coefficient (Wildman–Crippen LogP) is 4.12. The zero-order valence-corrected chi connectivity index (χ0v) is 12.4. The Labute approximate surface area is 113 Å². The van der Waals surface area contributed by atoms with Gasteiger partial charge in [-0.25, -0.2) is 0 Å². The largest absolute Gasteiger partial charge is 0.315 e. The second kappa shape index (κ2) is 5.53. The number of hydrogen-bond donors (Lipinski definition) is 1. The molecule has 94 valence electrons. The first-order valence-corrected chi connectivity index (χ1v) is 7.47. The molecule has 1 aromatic carbocycles. The molecule has 2 heteroatoms.